The average molecular weight is 386 g/mol. The highest BCUT2D eigenvalue weighted by Crippen LogP contribution is 2.27. The van der Waals surface area contributed by atoms with Gasteiger partial charge in [0.1, 0.15) is 12.4 Å². The maximum absolute atomic E-state index is 6.38. The lowest BCUT2D eigenvalue weighted by molar-refractivity contribution is 0.306. The van der Waals surface area contributed by atoms with Gasteiger partial charge in [-0.05, 0) is 60.9 Å². The Hall–Kier alpha value is -2.16. The normalized spacial score (nSPS) is 10.6. The summed E-state index contributed by atoms with van der Waals surface area (Å²) in [6.07, 6.45) is 0. The van der Waals surface area contributed by atoms with Gasteiger partial charge in [-0.2, -0.15) is 0 Å². The van der Waals surface area contributed by atoms with Crippen LogP contribution in [0.5, 0.6) is 5.75 Å². The summed E-state index contributed by atoms with van der Waals surface area (Å²) in [4.78, 5) is 0. The largest absolute Gasteiger partial charge is 0.487 e. The van der Waals surface area contributed by atoms with Gasteiger partial charge in [0.2, 0.25) is 0 Å². The van der Waals surface area contributed by atoms with E-state index in [9.17, 15) is 0 Å². The number of halogens is 2. The first-order chi connectivity index (χ1) is 12.5. The average Bonchev–Trinajstić information content (AvgIpc) is 2.60. The quantitative estimate of drug-likeness (QED) is 0.503. The fourth-order valence-electron chi connectivity index (χ4n) is 2.77. The van der Waals surface area contributed by atoms with Crippen molar-refractivity contribution in [2.24, 2.45) is 0 Å². The molecule has 4 heteroatoms. The zero-order chi connectivity index (χ0) is 18.5. The highest BCUT2D eigenvalue weighted by molar-refractivity contribution is 6.32. The molecule has 2 nitrogen and oxygen atoms in total. The number of aryl methyl sites for hydroxylation is 2. The van der Waals surface area contributed by atoms with Crippen molar-refractivity contribution in [2.45, 2.75) is 27.0 Å². The molecule has 0 amide bonds. The Bertz CT molecular complexity index is 908. The van der Waals surface area contributed by atoms with E-state index < -0.39 is 0 Å². The molecular weight excluding hydrogens is 365 g/mol. The van der Waals surface area contributed by atoms with Crippen molar-refractivity contribution in [1.29, 1.82) is 0 Å². The van der Waals surface area contributed by atoms with Gasteiger partial charge in [0, 0.05) is 17.3 Å². The Labute approximate surface area is 164 Å². The molecule has 0 heterocycles. The van der Waals surface area contributed by atoms with Crippen molar-refractivity contribution in [3.05, 3.63) is 93.0 Å². The van der Waals surface area contributed by atoms with Crippen LogP contribution >= 0.6 is 23.2 Å². The molecule has 0 aliphatic rings. The first-order valence-corrected chi connectivity index (χ1v) is 9.23. The van der Waals surface area contributed by atoms with Gasteiger partial charge < -0.3 is 10.1 Å². The lowest BCUT2D eigenvalue weighted by atomic mass is 10.1. The van der Waals surface area contributed by atoms with E-state index in [-0.39, 0.29) is 0 Å². The highest BCUT2D eigenvalue weighted by atomic mass is 35.5. The van der Waals surface area contributed by atoms with Crippen LogP contribution in [0.4, 0.5) is 5.69 Å². The minimum Gasteiger partial charge on any atom is -0.487 e. The third-order valence-corrected chi connectivity index (χ3v) is 4.67. The summed E-state index contributed by atoms with van der Waals surface area (Å²) in [5.74, 6) is 0.668. The van der Waals surface area contributed by atoms with E-state index in [0.29, 0.717) is 28.9 Å². The molecule has 0 radical (unpaired) electrons. The molecule has 0 bridgehead atoms. The maximum Gasteiger partial charge on any atom is 0.138 e. The molecule has 0 atom stereocenters. The molecule has 0 aliphatic carbocycles. The standard InChI is InChI=1S/C22H21Cl2NO/c1-15-6-8-21(16(2)10-15)25-13-17-7-9-22(20(24)12-17)26-14-18-4-3-5-19(23)11-18/h3-12,25H,13-14H2,1-2H3. The van der Waals surface area contributed by atoms with Crippen molar-refractivity contribution in [3.63, 3.8) is 0 Å². The zero-order valence-electron chi connectivity index (χ0n) is 14.9. The van der Waals surface area contributed by atoms with Crippen molar-refractivity contribution < 1.29 is 4.74 Å². The lowest BCUT2D eigenvalue weighted by Gasteiger charge is -2.12. The summed E-state index contributed by atoms with van der Waals surface area (Å²) in [7, 11) is 0. The Kier molecular flexibility index (Phi) is 6.08. The van der Waals surface area contributed by atoms with E-state index in [1.54, 1.807) is 0 Å². The number of anilines is 1. The van der Waals surface area contributed by atoms with Crippen molar-refractivity contribution in [2.75, 3.05) is 5.32 Å². The van der Waals surface area contributed by atoms with Crippen LogP contribution in [0.2, 0.25) is 10.0 Å². The van der Waals surface area contributed by atoms with Crippen LogP contribution < -0.4 is 10.1 Å². The molecule has 134 valence electrons. The first-order valence-electron chi connectivity index (χ1n) is 8.48. The fraction of sp³-hybridized carbons (Fsp3) is 0.182. The molecule has 3 aromatic rings. The van der Waals surface area contributed by atoms with Crippen LogP contribution in [0, 0.1) is 13.8 Å². The first kappa shape index (κ1) is 18.6. The third kappa shape index (κ3) is 4.94. The number of hydrogen-bond donors (Lipinski definition) is 1. The van der Waals surface area contributed by atoms with E-state index in [4.69, 9.17) is 27.9 Å². The van der Waals surface area contributed by atoms with Gasteiger partial charge in [-0.15, -0.1) is 0 Å². The monoisotopic (exact) mass is 385 g/mol. The van der Waals surface area contributed by atoms with E-state index in [2.05, 4.69) is 37.4 Å². The van der Waals surface area contributed by atoms with E-state index in [1.165, 1.54) is 11.1 Å². The van der Waals surface area contributed by atoms with Crippen molar-refractivity contribution in [1.82, 2.24) is 0 Å². The molecule has 0 saturated carbocycles. The third-order valence-electron chi connectivity index (χ3n) is 4.14. The molecule has 3 rings (SSSR count). The Morgan fingerprint density at radius 3 is 2.46 bits per heavy atom. The Morgan fingerprint density at radius 2 is 1.73 bits per heavy atom. The summed E-state index contributed by atoms with van der Waals surface area (Å²) in [5.41, 5.74) is 5.74. The second kappa shape index (κ2) is 8.48. The van der Waals surface area contributed by atoms with Gasteiger partial charge in [-0.3, -0.25) is 0 Å². The number of rotatable bonds is 6. The van der Waals surface area contributed by atoms with Gasteiger partial charge in [0.05, 0.1) is 5.02 Å². The smallest absolute Gasteiger partial charge is 0.138 e. The van der Waals surface area contributed by atoms with Gasteiger partial charge in [-0.1, -0.05) is 59.1 Å². The summed E-state index contributed by atoms with van der Waals surface area (Å²) in [6.45, 7) is 5.34. The van der Waals surface area contributed by atoms with Crippen LogP contribution in [0.1, 0.15) is 22.3 Å². The molecule has 0 fully saturated rings. The minimum atomic E-state index is 0.431. The van der Waals surface area contributed by atoms with Crippen LogP contribution in [-0.4, -0.2) is 0 Å². The predicted octanol–water partition coefficient (Wildman–Crippen LogP) is 6.80. The molecular formula is C22H21Cl2NO. The molecule has 0 unspecified atom stereocenters. The Morgan fingerprint density at radius 1 is 0.885 bits per heavy atom. The van der Waals surface area contributed by atoms with Crippen molar-refractivity contribution in [3.8, 4) is 5.75 Å². The SMILES string of the molecule is Cc1ccc(NCc2ccc(OCc3cccc(Cl)c3)c(Cl)c2)c(C)c1. The molecule has 1 N–H and O–H groups in total. The van der Waals surface area contributed by atoms with Gasteiger partial charge in [-0.25, -0.2) is 0 Å². The molecule has 26 heavy (non-hydrogen) atoms. The number of benzene rings is 3. The molecule has 0 aliphatic heterocycles. The topological polar surface area (TPSA) is 21.3 Å². The molecule has 0 spiro atoms. The van der Waals surface area contributed by atoms with E-state index >= 15 is 0 Å². The van der Waals surface area contributed by atoms with Crippen LogP contribution in [0.15, 0.2) is 60.7 Å². The van der Waals surface area contributed by atoms with Crippen LogP contribution in [-0.2, 0) is 13.2 Å². The summed E-state index contributed by atoms with van der Waals surface area (Å²) < 4.78 is 5.82. The second-order valence-electron chi connectivity index (χ2n) is 6.36. The van der Waals surface area contributed by atoms with Gasteiger partial charge >= 0.3 is 0 Å². The molecule has 0 aromatic heterocycles. The summed E-state index contributed by atoms with van der Waals surface area (Å²) in [5, 5.41) is 4.76. The van der Waals surface area contributed by atoms with Crippen LogP contribution in [0.3, 0.4) is 0 Å². The second-order valence-corrected chi connectivity index (χ2v) is 7.20. The Balaban J connectivity index is 1.61. The highest BCUT2D eigenvalue weighted by Gasteiger charge is 2.05. The number of nitrogens with one attached hydrogen (secondary N) is 1. The van der Waals surface area contributed by atoms with E-state index in [0.717, 1.165) is 16.8 Å². The lowest BCUT2D eigenvalue weighted by Crippen LogP contribution is -2.02. The van der Waals surface area contributed by atoms with Gasteiger partial charge in [0.15, 0.2) is 0 Å². The summed E-state index contributed by atoms with van der Waals surface area (Å²) >= 11 is 12.4. The minimum absolute atomic E-state index is 0.431. The summed E-state index contributed by atoms with van der Waals surface area (Å²) in [6, 6.07) is 19.9. The molecule has 0 saturated heterocycles. The van der Waals surface area contributed by atoms with Crippen LogP contribution in [0.25, 0.3) is 0 Å². The van der Waals surface area contributed by atoms with E-state index in [1.807, 2.05) is 42.5 Å². The molecule has 3 aromatic carbocycles. The van der Waals surface area contributed by atoms with Crippen molar-refractivity contribution >= 4 is 28.9 Å². The zero-order valence-corrected chi connectivity index (χ0v) is 16.4. The maximum atomic E-state index is 6.38. The number of ether oxygens (including phenoxy) is 1. The van der Waals surface area contributed by atoms with Gasteiger partial charge in [0.25, 0.3) is 0 Å². The number of hydrogen-bond acceptors (Lipinski definition) is 2. The fourth-order valence-corrected chi connectivity index (χ4v) is 3.24. The predicted molar refractivity (Wildman–Crippen MR) is 110 cm³/mol.